The summed E-state index contributed by atoms with van der Waals surface area (Å²) in [6, 6.07) is 0. The molecule has 0 bridgehead atoms. The molecule has 1 aliphatic heterocycles. The lowest BCUT2D eigenvalue weighted by Gasteiger charge is -2.12. The van der Waals surface area contributed by atoms with Gasteiger partial charge in [0.15, 0.2) is 0 Å². The van der Waals surface area contributed by atoms with E-state index in [1.807, 2.05) is 11.6 Å². The Hall–Kier alpha value is -1.43. The fourth-order valence-corrected chi connectivity index (χ4v) is 2.07. The number of likely N-dealkylation sites (tertiary alicyclic amines) is 1. The predicted molar refractivity (Wildman–Crippen MR) is 54.0 cm³/mol. The highest BCUT2D eigenvalue weighted by molar-refractivity contribution is 5.75. The number of rotatable bonds is 3. The van der Waals surface area contributed by atoms with E-state index >= 15 is 0 Å². The lowest BCUT2D eigenvalue weighted by molar-refractivity contribution is -0.118. The Kier molecular flexibility index (Phi) is 2.68. The number of nitrogens with two attached hydrogens (primary N) is 1. The standard InChI is InChI=1S/C9H15N5O/c1-13-6-11-12-9(13)7-2-3-14(4-7)5-8(10)15/h6-7H,2-5H2,1H3,(H2,10,15). The number of hydrogen-bond donors (Lipinski definition) is 1. The summed E-state index contributed by atoms with van der Waals surface area (Å²) in [5.41, 5.74) is 5.15. The van der Waals surface area contributed by atoms with Gasteiger partial charge in [0.05, 0.1) is 6.54 Å². The number of primary amides is 1. The third kappa shape index (κ3) is 2.15. The third-order valence-corrected chi connectivity index (χ3v) is 2.76. The second kappa shape index (κ2) is 3.98. The zero-order valence-corrected chi connectivity index (χ0v) is 8.76. The van der Waals surface area contributed by atoms with Crippen LogP contribution in [0.2, 0.25) is 0 Å². The molecule has 2 N–H and O–H groups in total. The first-order chi connectivity index (χ1) is 7.16. The van der Waals surface area contributed by atoms with E-state index in [9.17, 15) is 4.79 Å². The van der Waals surface area contributed by atoms with Gasteiger partial charge in [0.1, 0.15) is 12.2 Å². The van der Waals surface area contributed by atoms with Crippen LogP contribution in [0.5, 0.6) is 0 Å². The van der Waals surface area contributed by atoms with E-state index in [1.54, 1.807) is 6.33 Å². The maximum atomic E-state index is 10.8. The molecule has 1 atom stereocenters. The second-order valence-electron chi connectivity index (χ2n) is 3.99. The van der Waals surface area contributed by atoms with E-state index in [0.717, 1.165) is 25.3 Å². The molecule has 0 saturated carbocycles. The molecule has 1 fully saturated rings. The smallest absolute Gasteiger partial charge is 0.231 e. The van der Waals surface area contributed by atoms with E-state index in [4.69, 9.17) is 5.73 Å². The fraction of sp³-hybridized carbons (Fsp3) is 0.667. The van der Waals surface area contributed by atoms with Gasteiger partial charge in [0, 0.05) is 19.5 Å². The molecule has 0 spiro atoms. The van der Waals surface area contributed by atoms with Crippen LogP contribution in [0.3, 0.4) is 0 Å². The maximum absolute atomic E-state index is 10.8. The first-order valence-electron chi connectivity index (χ1n) is 5.01. The largest absolute Gasteiger partial charge is 0.369 e. The predicted octanol–water partition coefficient (Wildman–Crippen LogP) is -0.910. The van der Waals surface area contributed by atoms with Gasteiger partial charge in [-0.1, -0.05) is 0 Å². The van der Waals surface area contributed by atoms with Gasteiger partial charge < -0.3 is 10.3 Å². The Morgan fingerprint density at radius 2 is 2.53 bits per heavy atom. The summed E-state index contributed by atoms with van der Waals surface area (Å²) < 4.78 is 1.93. The minimum Gasteiger partial charge on any atom is -0.369 e. The highest BCUT2D eigenvalue weighted by Crippen LogP contribution is 2.24. The Morgan fingerprint density at radius 1 is 1.73 bits per heavy atom. The van der Waals surface area contributed by atoms with Crippen LogP contribution in [0.1, 0.15) is 18.2 Å². The summed E-state index contributed by atoms with van der Waals surface area (Å²) in [4.78, 5) is 12.8. The summed E-state index contributed by atoms with van der Waals surface area (Å²) in [5.74, 6) is 1.09. The zero-order chi connectivity index (χ0) is 10.8. The van der Waals surface area contributed by atoms with Gasteiger partial charge in [0.2, 0.25) is 5.91 Å². The van der Waals surface area contributed by atoms with Crippen molar-refractivity contribution in [2.75, 3.05) is 19.6 Å². The molecule has 6 nitrogen and oxygen atoms in total. The normalized spacial score (nSPS) is 22.1. The van der Waals surface area contributed by atoms with E-state index < -0.39 is 0 Å². The molecule has 2 rings (SSSR count). The number of carbonyl (C=O) groups is 1. The van der Waals surface area contributed by atoms with Crippen LogP contribution in [0.25, 0.3) is 0 Å². The van der Waals surface area contributed by atoms with Crippen molar-refractivity contribution in [3.63, 3.8) is 0 Å². The number of aromatic nitrogens is 3. The average Bonchev–Trinajstić information content (AvgIpc) is 2.72. The summed E-state index contributed by atoms with van der Waals surface area (Å²) in [5, 5.41) is 7.94. The molecule has 15 heavy (non-hydrogen) atoms. The molecule has 1 aromatic heterocycles. The molecule has 0 aromatic carbocycles. The SMILES string of the molecule is Cn1cnnc1C1CCN(CC(N)=O)C1. The van der Waals surface area contributed by atoms with Gasteiger partial charge in [-0.15, -0.1) is 10.2 Å². The van der Waals surface area contributed by atoms with E-state index in [0.29, 0.717) is 12.5 Å². The van der Waals surface area contributed by atoms with Gasteiger partial charge in [0.25, 0.3) is 0 Å². The molecule has 1 unspecified atom stereocenters. The van der Waals surface area contributed by atoms with E-state index in [1.165, 1.54) is 0 Å². The third-order valence-electron chi connectivity index (χ3n) is 2.76. The molecule has 1 saturated heterocycles. The Morgan fingerprint density at radius 3 is 3.13 bits per heavy atom. The first kappa shape index (κ1) is 10.1. The molecule has 6 heteroatoms. The minimum absolute atomic E-state index is 0.270. The molecule has 2 heterocycles. The quantitative estimate of drug-likeness (QED) is 0.699. The molecule has 0 radical (unpaired) electrons. The molecule has 82 valence electrons. The van der Waals surface area contributed by atoms with Crippen molar-refractivity contribution < 1.29 is 4.79 Å². The molecule has 1 aromatic rings. The summed E-state index contributed by atoms with van der Waals surface area (Å²) in [7, 11) is 1.94. The van der Waals surface area contributed by atoms with Crippen molar-refractivity contribution in [1.29, 1.82) is 0 Å². The highest BCUT2D eigenvalue weighted by Gasteiger charge is 2.27. The molecular formula is C9H15N5O. The van der Waals surface area contributed by atoms with E-state index in [2.05, 4.69) is 15.1 Å². The van der Waals surface area contributed by atoms with E-state index in [-0.39, 0.29) is 5.91 Å². The van der Waals surface area contributed by atoms with Crippen molar-refractivity contribution in [2.45, 2.75) is 12.3 Å². The fourth-order valence-electron chi connectivity index (χ4n) is 2.07. The topological polar surface area (TPSA) is 77.0 Å². The highest BCUT2D eigenvalue weighted by atomic mass is 16.1. The van der Waals surface area contributed by atoms with Crippen LogP contribution in [0.4, 0.5) is 0 Å². The van der Waals surface area contributed by atoms with Gasteiger partial charge in [-0.3, -0.25) is 9.69 Å². The van der Waals surface area contributed by atoms with Gasteiger partial charge in [-0.05, 0) is 13.0 Å². The first-order valence-corrected chi connectivity index (χ1v) is 5.01. The Labute approximate surface area is 88.1 Å². The van der Waals surface area contributed by atoms with Gasteiger partial charge in [-0.25, -0.2) is 0 Å². The monoisotopic (exact) mass is 209 g/mol. The zero-order valence-electron chi connectivity index (χ0n) is 8.76. The lowest BCUT2D eigenvalue weighted by Crippen LogP contribution is -2.32. The molecule has 1 amide bonds. The number of carbonyl (C=O) groups excluding carboxylic acids is 1. The van der Waals surface area contributed by atoms with Gasteiger partial charge in [-0.2, -0.15) is 0 Å². The average molecular weight is 209 g/mol. The molecule has 1 aliphatic rings. The van der Waals surface area contributed by atoms with Crippen molar-refractivity contribution in [2.24, 2.45) is 12.8 Å². The second-order valence-corrected chi connectivity index (χ2v) is 3.99. The van der Waals surface area contributed by atoms with Crippen LogP contribution < -0.4 is 5.73 Å². The van der Waals surface area contributed by atoms with Crippen molar-refractivity contribution in [1.82, 2.24) is 19.7 Å². The number of hydrogen-bond acceptors (Lipinski definition) is 4. The van der Waals surface area contributed by atoms with Crippen molar-refractivity contribution in [3.05, 3.63) is 12.2 Å². The van der Waals surface area contributed by atoms with Crippen LogP contribution in [0.15, 0.2) is 6.33 Å². The molecule has 0 aliphatic carbocycles. The van der Waals surface area contributed by atoms with Gasteiger partial charge >= 0.3 is 0 Å². The minimum atomic E-state index is -0.270. The molecular weight excluding hydrogens is 194 g/mol. The van der Waals surface area contributed by atoms with Crippen LogP contribution >= 0.6 is 0 Å². The summed E-state index contributed by atoms with van der Waals surface area (Å²) in [6.07, 6.45) is 2.71. The van der Waals surface area contributed by atoms with Crippen molar-refractivity contribution in [3.8, 4) is 0 Å². The van der Waals surface area contributed by atoms with Crippen LogP contribution in [0, 0.1) is 0 Å². The number of amides is 1. The van der Waals surface area contributed by atoms with Crippen LogP contribution in [-0.2, 0) is 11.8 Å². The number of aryl methyl sites for hydroxylation is 1. The summed E-state index contributed by atoms with van der Waals surface area (Å²) >= 11 is 0. The lowest BCUT2D eigenvalue weighted by atomic mass is 10.1. The Bertz CT molecular complexity index is 361. The maximum Gasteiger partial charge on any atom is 0.231 e. The number of nitrogens with zero attached hydrogens (tertiary/aromatic N) is 4. The van der Waals surface area contributed by atoms with Crippen molar-refractivity contribution >= 4 is 5.91 Å². The summed E-state index contributed by atoms with van der Waals surface area (Å²) in [6.45, 7) is 2.09. The Balaban J connectivity index is 1.98. The van der Waals surface area contributed by atoms with Crippen LogP contribution in [-0.4, -0.2) is 45.2 Å².